The first-order valence-corrected chi connectivity index (χ1v) is 8.39. The summed E-state index contributed by atoms with van der Waals surface area (Å²) in [6.45, 7) is 0. The predicted molar refractivity (Wildman–Crippen MR) is 103 cm³/mol. The number of nitrogens with one attached hydrogen (secondary N) is 1. The summed E-state index contributed by atoms with van der Waals surface area (Å²) in [5, 5.41) is 3.70. The van der Waals surface area contributed by atoms with Gasteiger partial charge in [0.25, 0.3) is 0 Å². The van der Waals surface area contributed by atoms with Crippen molar-refractivity contribution in [2.24, 2.45) is 0 Å². The number of esters is 1. The van der Waals surface area contributed by atoms with Gasteiger partial charge in [0.15, 0.2) is 0 Å². The molecule has 2 aromatic rings. The number of carbonyl (C=O) groups excluding carboxylic acids is 2. The summed E-state index contributed by atoms with van der Waals surface area (Å²) in [4.78, 5) is 23.8. The second kappa shape index (κ2) is 8.94. The van der Waals surface area contributed by atoms with Crippen LogP contribution >= 0.6 is 34.8 Å². The number of amides is 1. The van der Waals surface area contributed by atoms with Crippen LogP contribution < -0.4 is 10.1 Å². The van der Waals surface area contributed by atoms with Crippen molar-refractivity contribution in [1.82, 2.24) is 0 Å². The lowest BCUT2D eigenvalue weighted by Gasteiger charge is -2.11. The average molecular weight is 415 g/mol. The van der Waals surface area contributed by atoms with Gasteiger partial charge in [0.05, 0.1) is 24.9 Å². The molecule has 136 valence electrons. The molecule has 0 aromatic heterocycles. The third-order valence-electron chi connectivity index (χ3n) is 3.33. The van der Waals surface area contributed by atoms with Crippen LogP contribution in [-0.4, -0.2) is 26.1 Å². The van der Waals surface area contributed by atoms with Gasteiger partial charge in [-0.1, -0.05) is 40.9 Å². The third-order valence-corrected chi connectivity index (χ3v) is 4.20. The van der Waals surface area contributed by atoms with Crippen LogP contribution in [-0.2, 0) is 9.53 Å². The van der Waals surface area contributed by atoms with Crippen molar-refractivity contribution < 1.29 is 19.1 Å². The Morgan fingerprint density at radius 2 is 1.77 bits per heavy atom. The van der Waals surface area contributed by atoms with Crippen LogP contribution in [0, 0.1) is 0 Å². The topological polar surface area (TPSA) is 64.6 Å². The summed E-state index contributed by atoms with van der Waals surface area (Å²) in [6, 6.07) is 7.74. The molecule has 0 spiro atoms. The molecule has 0 unspecified atom stereocenters. The third kappa shape index (κ3) is 4.91. The van der Waals surface area contributed by atoms with Crippen molar-refractivity contribution in [1.29, 1.82) is 0 Å². The first-order chi connectivity index (χ1) is 12.3. The van der Waals surface area contributed by atoms with E-state index in [2.05, 4.69) is 10.1 Å². The fraction of sp³-hybridized carbons (Fsp3) is 0.111. The fourth-order valence-electron chi connectivity index (χ4n) is 2.06. The van der Waals surface area contributed by atoms with Gasteiger partial charge in [0.2, 0.25) is 5.91 Å². The first-order valence-electron chi connectivity index (χ1n) is 7.25. The maximum Gasteiger partial charge on any atom is 0.341 e. The van der Waals surface area contributed by atoms with E-state index in [-0.39, 0.29) is 22.0 Å². The van der Waals surface area contributed by atoms with E-state index in [0.717, 1.165) is 0 Å². The van der Waals surface area contributed by atoms with Crippen LogP contribution in [0.25, 0.3) is 6.08 Å². The second-order valence-corrected chi connectivity index (χ2v) is 6.26. The normalized spacial score (nSPS) is 10.7. The molecular weight excluding hydrogens is 401 g/mol. The summed E-state index contributed by atoms with van der Waals surface area (Å²) < 4.78 is 9.81. The van der Waals surface area contributed by atoms with Gasteiger partial charge >= 0.3 is 5.97 Å². The summed E-state index contributed by atoms with van der Waals surface area (Å²) in [5.41, 5.74) is 1.07. The molecule has 0 aliphatic rings. The molecule has 0 fully saturated rings. The Labute approximate surface area is 165 Å². The van der Waals surface area contributed by atoms with Gasteiger partial charge < -0.3 is 14.8 Å². The molecule has 2 rings (SSSR count). The highest BCUT2D eigenvalue weighted by Crippen LogP contribution is 2.31. The van der Waals surface area contributed by atoms with E-state index < -0.39 is 11.9 Å². The zero-order valence-corrected chi connectivity index (χ0v) is 16.1. The van der Waals surface area contributed by atoms with Crippen LogP contribution in [0.15, 0.2) is 36.4 Å². The van der Waals surface area contributed by atoms with Crippen LogP contribution in [0.4, 0.5) is 5.69 Å². The molecular formula is C18H14Cl3NO4. The molecule has 0 saturated heterocycles. The zero-order valence-electron chi connectivity index (χ0n) is 13.8. The lowest BCUT2D eigenvalue weighted by Crippen LogP contribution is -2.10. The van der Waals surface area contributed by atoms with E-state index in [1.165, 1.54) is 32.4 Å². The van der Waals surface area contributed by atoms with Gasteiger partial charge in [-0.25, -0.2) is 4.79 Å². The Morgan fingerprint density at radius 1 is 1.04 bits per heavy atom. The Morgan fingerprint density at radius 3 is 2.38 bits per heavy atom. The van der Waals surface area contributed by atoms with Crippen molar-refractivity contribution in [2.45, 2.75) is 0 Å². The maximum absolute atomic E-state index is 12.1. The molecule has 5 nitrogen and oxygen atoms in total. The van der Waals surface area contributed by atoms with Crippen molar-refractivity contribution >= 4 is 58.4 Å². The lowest BCUT2D eigenvalue weighted by molar-refractivity contribution is -0.111. The Balaban J connectivity index is 2.20. The smallest absolute Gasteiger partial charge is 0.341 e. The number of hydrogen-bond acceptors (Lipinski definition) is 4. The first kappa shape index (κ1) is 20.1. The summed E-state index contributed by atoms with van der Waals surface area (Å²) >= 11 is 18.0. The van der Waals surface area contributed by atoms with Crippen molar-refractivity contribution in [2.75, 3.05) is 19.5 Å². The lowest BCUT2D eigenvalue weighted by atomic mass is 10.1. The number of rotatable bonds is 5. The van der Waals surface area contributed by atoms with Crippen LogP contribution in [0.5, 0.6) is 5.75 Å². The maximum atomic E-state index is 12.1. The molecule has 0 aliphatic carbocycles. The minimum absolute atomic E-state index is 0.154. The summed E-state index contributed by atoms with van der Waals surface area (Å²) in [5.74, 6) is -0.814. The highest BCUT2D eigenvalue weighted by molar-refractivity contribution is 6.36. The average Bonchev–Trinajstić information content (AvgIpc) is 2.61. The van der Waals surface area contributed by atoms with E-state index in [0.29, 0.717) is 15.6 Å². The zero-order chi connectivity index (χ0) is 19.3. The molecule has 26 heavy (non-hydrogen) atoms. The van der Waals surface area contributed by atoms with Gasteiger partial charge in [-0.05, 0) is 29.8 Å². The van der Waals surface area contributed by atoms with E-state index in [1.807, 2.05) is 0 Å². The summed E-state index contributed by atoms with van der Waals surface area (Å²) in [7, 11) is 2.64. The molecule has 2 aromatic carbocycles. The standard InChI is InChI=1S/C18H14Cl3NO4/c1-25-16-9-15(14(21)8-12(16)18(24)26-2)22-17(23)6-4-10-3-5-11(19)7-13(10)20/h3-9H,1-2H3,(H,22,23)/b6-4+. The number of methoxy groups -OCH3 is 2. The molecule has 8 heteroatoms. The highest BCUT2D eigenvalue weighted by atomic mass is 35.5. The van der Waals surface area contributed by atoms with Gasteiger partial charge in [-0.3, -0.25) is 4.79 Å². The number of ether oxygens (including phenoxy) is 2. The molecule has 1 N–H and O–H groups in total. The minimum Gasteiger partial charge on any atom is -0.496 e. The molecule has 0 atom stereocenters. The van der Waals surface area contributed by atoms with Crippen molar-refractivity contribution in [3.8, 4) is 5.75 Å². The predicted octanol–water partition coefficient (Wildman–Crippen LogP) is 5.09. The Kier molecular flexibility index (Phi) is 6.91. The monoisotopic (exact) mass is 413 g/mol. The number of hydrogen-bond donors (Lipinski definition) is 1. The SMILES string of the molecule is COC(=O)c1cc(Cl)c(NC(=O)/C=C/c2ccc(Cl)cc2Cl)cc1OC. The fourth-order valence-corrected chi connectivity index (χ4v) is 2.75. The van der Waals surface area contributed by atoms with Crippen molar-refractivity contribution in [3.05, 3.63) is 62.6 Å². The van der Waals surface area contributed by atoms with Crippen LogP contribution in [0.3, 0.4) is 0 Å². The highest BCUT2D eigenvalue weighted by Gasteiger charge is 2.17. The van der Waals surface area contributed by atoms with Gasteiger partial charge in [-0.15, -0.1) is 0 Å². The Bertz CT molecular complexity index is 881. The van der Waals surface area contributed by atoms with Crippen LogP contribution in [0.1, 0.15) is 15.9 Å². The minimum atomic E-state index is -0.598. The van der Waals surface area contributed by atoms with Gasteiger partial charge in [0, 0.05) is 22.2 Å². The Hall–Kier alpha value is -2.21. The summed E-state index contributed by atoms with van der Waals surface area (Å²) in [6.07, 6.45) is 2.84. The molecule has 0 aliphatic heterocycles. The van der Waals surface area contributed by atoms with Crippen LogP contribution in [0.2, 0.25) is 15.1 Å². The second-order valence-electron chi connectivity index (χ2n) is 5.01. The largest absolute Gasteiger partial charge is 0.496 e. The van der Waals surface area contributed by atoms with E-state index in [4.69, 9.17) is 39.5 Å². The quantitative estimate of drug-likeness (QED) is 0.546. The number of halogens is 3. The van der Waals surface area contributed by atoms with E-state index >= 15 is 0 Å². The molecule has 0 saturated carbocycles. The molecule has 0 radical (unpaired) electrons. The number of carbonyl (C=O) groups is 2. The molecule has 0 bridgehead atoms. The van der Waals surface area contributed by atoms with E-state index in [1.54, 1.807) is 24.3 Å². The van der Waals surface area contributed by atoms with Gasteiger partial charge in [-0.2, -0.15) is 0 Å². The molecule has 0 heterocycles. The van der Waals surface area contributed by atoms with E-state index in [9.17, 15) is 9.59 Å². The van der Waals surface area contributed by atoms with Crippen molar-refractivity contribution in [3.63, 3.8) is 0 Å². The molecule has 1 amide bonds. The number of anilines is 1. The number of benzene rings is 2. The van der Waals surface area contributed by atoms with Gasteiger partial charge in [0.1, 0.15) is 11.3 Å².